The zero-order valence-electron chi connectivity index (χ0n) is 12.9. The third kappa shape index (κ3) is 4.06. The molecule has 0 aromatic heterocycles. The van der Waals surface area contributed by atoms with E-state index in [-0.39, 0.29) is 12.8 Å². The van der Waals surface area contributed by atoms with Crippen LogP contribution >= 0.6 is 0 Å². The minimum Gasteiger partial charge on any atom is -0.454 e. The molecule has 1 aromatic rings. The number of carbonyl (C=O) groups is 1. The second-order valence-corrected chi connectivity index (χ2v) is 6.09. The third-order valence-electron chi connectivity index (χ3n) is 4.45. The topological polar surface area (TPSA) is 59.6 Å². The molecule has 2 aliphatic rings. The summed E-state index contributed by atoms with van der Waals surface area (Å²) < 4.78 is 10.6. The second kappa shape index (κ2) is 7.38. The Morgan fingerprint density at radius 3 is 2.77 bits per heavy atom. The summed E-state index contributed by atoms with van der Waals surface area (Å²) in [5.41, 5.74) is 1.01. The molecule has 0 saturated heterocycles. The zero-order chi connectivity index (χ0) is 15.2. The van der Waals surface area contributed by atoms with Gasteiger partial charge in [-0.25, -0.2) is 4.79 Å². The Bertz CT molecular complexity index is 513. The third-order valence-corrected chi connectivity index (χ3v) is 4.45. The average Bonchev–Trinajstić information content (AvgIpc) is 3.01. The maximum absolute atomic E-state index is 11.8. The number of carbonyl (C=O) groups excluding carboxylic acids is 1. The van der Waals surface area contributed by atoms with Gasteiger partial charge in [0.1, 0.15) is 0 Å². The lowest BCUT2D eigenvalue weighted by Gasteiger charge is -2.21. The number of rotatable bonds is 5. The van der Waals surface area contributed by atoms with Crippen LogP contribution in [0.2, 0.25) is 0 Å². The van der Waals surface area contributed by atoms with Crippen LogP contribution in [0.5, 0.6) is 11.5 Å². The highest BCUT2D eigenvalue weighted by Crippen LogP contribution is 2.32. The Labute approximate surface area is 131 Å². The van der Waals surface area contributed by atoms with Crippen molar-refractivity contribution in [2.24, 2.45) is 5.92 Å². The van der Waals surface area contributed by atoms with Crippen molar-refractivity contribution < 1.29 is 14.3 Å². The van der Waals surface area contributed by atoms with E-state index in [1.54, 1.807) is 0 Å². The monoisotopic (exact) mass is 304 g/mol. The van der Waals surface area contributed by atoms with Gasteiger partial charge in [-0.3, -0.25) is 0 Å². The van der Waals surface area contributed by atoms with E-state index >= 15 is 0 Å². The molecular weight excluding hydrogens is 280 g/mol. The Morgan fingerprint density at radius 2 is 1.91 bits per heavy atom. The number of ether oxygens (including phenoxy) is 2. The van der Waals surface area contributed by atoms with Crippen molar-refractivity contribution in [1.82, 2.24) is 10.6 Å². The van der Waals surface area contributed by atoms with Crippen LogP contribution in [0.3, 0.4) is 0 Å². The van der Waals surface area contributed by atoms with Gasteiger partial charge in [0.2, 0.25) is 6.79 Å². The quantitative estimate of drug-likeness (QED) is 0.878. The number of fused-ring (bicyclic) bond motifs is 1. The summed E-state index contributed by atoms with van der Waals surface area (Å²) in [5, 5.41) is 5.83. The molecule has 120 valence electrons. The summed E-state index contributed by atoms with van der Waals surface area (Å²) in [5.74, 6) is 2.31. The first-order chi connectivity index (χ1) is 10.8. The predicted octanol–water partition coefficient (Wildman–Crippen LogP) is 3.18. The first kappa shape index (κ1) is 15.0. The summed E-state index contributed by atoms with van der Waals surface area (Å²) >= 11 is 0. The maximum Gasteiger partial charge on any atom is 0.315 e. The standard InChI is InChI=1S/C17H24N2O3/c20-17(18-9-8-13-4-2-1-3-5-13)19-11-14-6-7-15-16(10-14)22-12-21-15/h6-7,10,13H,1-5,8-9,11-12H2,(H2,18,19,20). The molecule has 1 saturated carbocycles. The SMILES string of the molecule is O=C(NCCC1CCCCC1)NCc1ccc2c(c1)OCO2. The van der Waals surface area contributed by atoms with Crippen LogP contribution in [0.15, 0.2) is 18.2 Å². The van der Waals surface area contributed by atoms with Crippen molar-refractivity contribution in [3.05, 3.63) is 23.8 Å². The number of benzene rings is 1. The number of amides is 2. The molecule has 0 atom stereocenters. The van der Waals surface area contributed by atoms with E-state index in [9.17, 15) is 4.79 Å². The van der Waals surface area contributed by atoms with Gasteiger partial charge in [0.25, 0.3) is 0 Å². The fraction of sp³-hybridized carbons (Fsp3) is 0.588. The molecule has 22 heavy (non-hydrogen) atoms. The summed E-state index contributed by atoms with van der Waals surface area (Å²) in [7, 11) is 0. The van der Waals surface area contributed by atoms with Crippen molar-refractivity contribution in [2.45, 2.75) is 45.1 Å². The minimum atomic E-state index is -0.103. The van der Waals surface area contributed by atoms with Gasteiger partial charge in [0, 0.05) is 13.1 Å². The fourth-order valence-corrected chi connectivity index (χ4v) is 3.16. The van der Waals surface area contributed by atoms with E-state index in [4.69, 9.17) is 9.47 Å². The lowest BCUT2D eigenvalue weighted by molar-refractivity contribution is 0.174. The molecule has 0 unspecified atom stereocenters. The molecular formula is C17H24N2O3. The Balaban J connectivity index is 1.35. The van der Waals surface area contributed by atoms with E-state index in [2.05, 4.69) is 10.6 Å². The van der Waals surface area contributed by atoms with Crippen molar-refractivity contribution in [3.63, 3.8) is 0 Å². The molecule has 1 aliphatic carbocycles. The number of hydrogen-bond donors (Lipinski definition) is 2. The number of urea groups is 1. The summed E-state index contributed by atoms with van der Waals surface area (Å²) in [6, 6.07) is 5.62. The largest absolute Gasteiger partial charge is 0.454 e. The molecule has 0 spiro atoms. The van der Waals surface area contributed by atoms with Crippen molar-refractivity contribution in [2.75, 3.05) is 13.3 Å². The number of hydrogen-bond acceptors (Lipinski definition) is 3. The van der Waals surface area contributed by atoms with Crippen molar-refractivity contribution >= 4 is 6.03 Å². The summed E-state index contributed by atoms with van der Waals surface area (Å²) in [6.45, 7) is 1.53. The Morgan fingerprint density at radius 1 is 1.09 bits per heavy atom. The van der Waals surface area contributed by atoms with E-state index in [0.29, 0.717) is 6.54 Å². The normalized spacial score (nSPS) is 17.3. The van der Waals surface area contributed by atoms with Crippen molar-refractivity contribution in [3.8, 4) is 11.5 Å². The summed E-state index contributed by atoms with van der Waals surface area (Å²) in [6.07, 6.45) is 7.81. The molecule has 5 nitrogen and oxygen atoms in total. The lowest BCUT2D eigenvalue weighted by Crippen LogP contribution is -2.36. The molecule has 0 bridgehead atoms. The van der Waals surface area contributed by atoms with Crippen LogP contribution < -0.4 is 20.1 Å². The highest BCUT2D eigenvalue weighted by molar-refractivity contribution is 5.73. The maximum atomic E-state index is 11.8. The Hall–Kier alpha value is -1.91. The lowest BCUT2D eigenvalue weighted by atomic mass is 9.87. The van der Waals surface area contributed by atoms with E-state index in [1.165, 1.54) is 32.1 Å². The molecule has 2 amide bonds. The molecule has 5 heteroatoms. The van der Waals surface area contributed by atoms with Gasteiger partial charge >= 0.3 is 6.03 Å². The van der Waals surface area contributed by atoms with Crippen LogP contribution in [0, 0.1) is 5.92 Å². The Kier molecular flexibility index (Phi) is 5.03. The van der Waals surface area contributed by atoms with Gasteiger partial charge in [0.15, 0.2) is 11.5 Å². The second-order valence-electron chi connectivity index (χ2n) is 6.09. The van der Waals surface area contributed by atoms with Crippen LogP contribution in [0.4, 0.5) is 4.79 Å². The molecule has 2 N–H and O–H groups in total. The molecule has 1 aromatic carbocycles. The van der Waals surface area contributed by atoms with E-state index < -0.39 is 0 Å². The van der Waals surface area contributed by atoms with Gasteiger partial charge in [0.05, 0.1) is 0 Å². The van der Waals surface area contributed by atoms with Gasteiger partial charge in [-0.2, -0.15) is 0 Å². The zero-order valence-corrected chi connectivity index (χ0v) is 12.9. The predicted molar refractivity (Wildman–Crippen MR) is 84.0 cm³/mol. The van der Waals surface area contributed by atoms with Gasteiger partial charge in [-0.1, -0.05) is 38.2 Å². The van der Waals surface area contributed by atoms with E-state index in [1.807, 2.05) is 18.2 Å². The van der Waals surface area contributed by atoms with E-state index in [0.717, 1.165) is 35.9 Å². The minimum absolute atomic E-state index is 0.103. The number of nitrogens with one attached hydrogen (secondary N) is 2. The highest BCUT2D eigenvalue weighted by Gasteiger charge is 2.14. The highest BCUT2D eigenvalue weighted by atomic mass is 16.7. The van der Waals surface area contributed by atoms with Crippen LogP contribution in [-0.2, 0) is 6.54 Å². The smallest absolute Gasteiger partial charge is 0.315 e. The van der Waals surface area contributed by atoms with Gasteiger partial charge in [-0.15, -0.1) is 0 Å². The fourth-order valence-electron chi connectivity index (χ4n) is 3.16. The van der Waals surface area contributed by atoms with Crippen LogP contribution in [0.1, 0.15) is 44.1 Å². The molecule has 3 rings (SSSR count). The molecule has 1 aliphatic heterocycles. The summed E-state index contributed by atoms with van der Waals surface area (Å²) in [4.78, 5) is 11.8. The first-order valence-corrected chi connectivity index (χ1v) is 8.21. The van der Waals surface area contributed by atoms with Crippen LogP contribution in [-0.4, -0.2) is 19.4 Å². The molecule has 0 radical (unpaired) electrons. The van der Waals surface area contributed by atoms with Crippen molar-refractivity contribution in [1.29, 1.82) is 0 Å². The van der Waals surface area contributed by atoms with Gasteiger partial charge < -0.3 is 20.1 Å². The average molecular weight is 304 g/mol. The van der Waals surface area contributed by atoms with Crippen LogP contribution in [0.25, 0.3) is 0 Å². The van der Waals surface area contributed by atoms with Gasteiger partial charge in [-0.05, 0) is 30.0 Å². The first-order valence-electron chi connectivity index (χ1n) is 8.21. The molecule has 1 heterocycles. The molecule has 1 fully saturated rings.